The molecule has 1 atom stereocenters. The van der Waals surface area contributed by atoms with Crippen LogP contribution in [-0.4, -0.2) is 43.2 Å². The van der Waals surface area contributed by atoms with E-state index in [1.165, 1.54) is 18.3 Å². The Morgan fingerprint density at radius 3 is 2.61 bits per heavy atom. The summed E-state index contributed by atoms with van der Waals surface area (Å²) in [6.07, 6.45) is -2.37. The van der Waals surface area contributed by atoms with Crippen LogP contribution in [0.2, 0.25) is 0 Å². The number of nitrogens with one attached hydrogen (secondary N) is 2. The molecule has 0 fully saturated rings. The van der Waals surface area contributed by atoms with Crippen molar-refractivity contribution in [3.8, 4) is 0 Å². The van der Waals surface area contributed by atoms with E-state index in [2.05, 4.69) is 34.4 Å². The molecular formula is C23H27F3N4O. The van der Waals surface area contributed by atoms with Crippen LogP contribution >= 0.6 is 0 Å². The van der Waals surface area contributed by atoms with Gasteiger partial charge in [-0.2, -0.15) is 13.2 Å². The number of carbonyl (C=O) groups is 1. The highest BCUT2D eigenvalue weighted by atomic mass is 19.4. The van der Waals surface area contributed by atoms with Crippen LogP contribution < -0.4 is 10.6 Å². The molecule has 2 N–H and O–H groups in total. The van der Waals surface area contributed by atoms with E-state index < -0.39 is 17.7 Å². The maximum absolute atomic E-state index is 13.6. The molecule has 8 heteroatoms. The van der Waals surface area contributed by atoms with Gasteiger partial charge in [0.25, 0.3) is 0 Å². The van der Waals surface area contributed by atoms with Crippen molar-refractivity contribution in [2.75, 3.05) is 36.8 Å². The van der Waals surface area contributed by atoms with Crippen LogP contribution in [0, 0.1) is 0 Å². The molecule has 1 aliphatic rings. The molecule has 166 valence electrons. The molecule has 0 saturated carbocycles. The Bertz CT molecular complexity index is 939. The normalized spacial score (nSPS) is 16.1. The van der Waals surface area contributed by atoms with Gasteiger partial charge in [0.05, 0.1) is 11.3 Å². The second-order valence-corrected chi connectivity index (χ2v) is 7.37. The molecule has 0 bridgehead atoms. The number of hydrogen-bond donors (Lipinski definition) is 2. The van der Waals surface area contributed by atoms with Gasteiger partial charge in [-0.25, -0.2) is 0 Å². The first-order valence-electron chi connectivity index (χ1n) is 10.4. The minimum absolute atomic E-state index is 0.0370. The fraction of sp³-hybridized carbons (Fsp3) is 0.391. The summed E-state index contributed by atoms with van der Waals surface area (Å²) in [7, 11) is 0. The summed E-state index contributed by atoms with van der Waals surface area (Å²) in [6, 6.07) is 11.1. The zero-order valence-corrected chi connectivity index (χ0v) is 17.7. The van der Waals surface area contributed by atoms with Crippen LogP contribution in [0.3, 0.4) is 0 Å². The van der Waals surface area contributed by atoms with Gasteiger partial charge in [0.15, 0.2) is 0 Å². The molecule has 0 aromatic heterocycles. The van der Waals surface area contributed by atoms with Crippen molar-refractivity contribution in [1.29, 1.82) is 0 Å². The van der Waals surface area contributed by atoms with E-state index in [4.69, 9.17) is 0 Å². The first-order valence-corrected chi connectivity index (χ1v) is 10.4. The quantitative estimate of drug-likeness (QED) is 0.418. The number of rotatable bonds is 9. The van der Waals surface area contributed by atoms with Gasteiger partial charge in [0.2, 0.25) is 5.91 Å². The average Bonchev–Trinajstić information content (AvgIpc) is 3.07. The van der Waals surface area contributed by atoms with Gasteiger partial charge in [-0.1, -0.05) is 32.0 Å². The lowest BCUT2D eigenvalue weighted by molar-refractivity contribution is -0.137. The maximum atomic E-state index is 13.6. The molecule has 0 saturated heterocycles. The molecular weight excluding hydrogens is 405 g/mol. The van der Waals surface area contributed by atoms with E-state index in [9.17, 15) is 18.0 Å². The average molecular weight is 432 g/mol. The Kier molecular flexibility index (Phi) is 7.33. The van der Waals surface area contributed by atoms with Gasteiger partial charge in [-0.3, -0.25) is 9.79 Å². The van der Waals surface area contributed by atoms with E-state index in [1.807, 2.05) is 12.1 Å². The summed E-state index contributed by atoms with van der Waals surface area (Å²) in [5, 5.41) is 5.65. The van der Waals surface area contributed by atoms with Gasteiger partial charge in [-0.05, 0) is 55.9 Å². The monoisotopic (exact) mass is 432 g/mol. The molecule has 2 aromatic rings. The third-order valence-corrected chi connectivity index (χ3v) is 5.38. The molecule has 31 heavy (non-hydrogen) atoms. The van der Waals surface area contributed by atoms with Gasteiger partial charge >= 0.3 is 6.18 Å². The number of anilines is 2. The summed E-state index contributed by atoms with van der Waals surface area (Å²) in [5.41, 5.74) is 0.886. The summed E-state index contributed by atoms with van der Waals surface area (Å²) in [4.78, 5) is 18.6. The number of aliphatic imine (C=N–C) groups is 1. The number of amides is 1. The van der Waals surface area contributed by atoms with E-state index in [1.54, 1.807) is 12.1 Å². The number of hydrogen-bond acceptors (Lipinski definition) is 4. The van der Waals surface area contributed by atoms with Crippen LogP contribution in [0.15, 0.2) is 47.5 Å². The lowest BCUT2D eigenvalue weighted by Crippen LogP contribution is -2.25. The Hall–Kier alpha value is -2.87. The SMILES string of the molecule is CCN(CC)CCCNc1ccc(N=CC2C(=O)Nc3ccccc32)cc1C(F)(F)F. The van der Waals surface area contributed by atoms with E-state index in [0.29, 0.717) is 12.2 Å². The second-order valence-electron chi connectivity index (χ2n) is 7.37. The molecule has 1 aliphatic heterocycles. The highest BCUT2D eigenvalue weighted by Crippen LogP contribution is 2.37. The van der Waals surface area contributed by atoms with Crippen molar-refractivity contribution >= 4 is 29.2 Å². The molecule has 3 rings (SSSR count). The van der Waals surface area contributed by atoms with Crippen LogP contribution in [0.5, 0.6) is 0 Å². The predicted octanol–water partition coefficient (Wildman–Crippen LogP) is 5.29. The molecule has 0 aliphatic carbocycles. The van der Waals surface area contributed by atoms with Crippen LogP contribution in [0.1, 0.15) is 37.3 Å². The Balaban J connectivity index is 1.73. The number of alkyl halides is 3. The first kappa shape index (κ1) is 22.8. The molecule has 0 radical (unpaired) electrons. The van der Waals surface area contributed by atoms with Gasteiger partial charge in [0, 0.05) is 24.1 Å². The highest BCUT2D eigenvalue weighted by molar-refractivity contribution is 6.12. The van der Waals surface area contributed by atoms with Gasteiger partial charge in [0.1, 0.15) is 5.92 Å². The fourth-order valence-corrected chi connectivity index (χ4v) is 3.61. The molecule has 1 heterocycles. The van der Waals surface area contributed by atoms with Crippen molar-refractivity contribution < 1.29 is 18.0 Å². The lowest BCUT2D eigenvalue weighted by Gasteiger charge is -2.19. The number of carbonyl (C=O) groups excluding carboxylic acids is 1. The maximum Gasteiger partial charge on any atom is 0.418 e. The number of para-hydroxylation sites is 1. The highest BCUT2D eigenvalue weighted by Gasteiger charge is 2.34. The van der Waals surface area contributed by atoms with Crippen molar-refractivity contribution in [3.05, 3.63) is 53.6 Å². The Morgan fingerprint density at radius 2 is 1.90 bits per heavy atom. The van der Waals surface area contributed by atoms with E-state index >= 15 is 0 Å². The van der Waals surface area contributed by atoms with Crippen molar-refractivity contribution in [2.45, 2.75) is 32.4 Å². The number of nitrogens with zero attached hydrogens (tertiary/aromatic N) is 2. The number of halogens is 3. The topological polar surface area (TPSA) is 56.7 Å². The zero-order chi connectivity index (χ0) is 22.4. The molecule has 2 aromatic carbocycles. The standard InChI is InChI=1S/C23H27F3N4O/c1-3-30(4-2)13-7-12-27-21-11-10-16(14-19(21)23(24,25)26)28-15-18-17-8-5-6-9-20(17)29-22(18)31/h5-6,8-11,14-15,18,27H,3-4,7,12-13H2,1-2H3,(H,29,31). The Labute approximate surface area is 180 Å². The fourth-order valence-electron chi connectivity index (χ4n) is 3.61. The van der Waals surface area contributed by atoms with E-state index in [0.717, 1.165) is 37.7 Å². The van der Waals surface area contributed by atoms with Crippen molar-refractivity contribution in [3.63, 3.8) is 0 Å². The van der Waals surface area contributed by atoms with Crippen LogP contribution in [-0.2, 0) is 11.0 Å². The molecule has 1 unspecified atom stereocenters. The number of fused-ring (bicyclic) bond motifs is 1. The van der Waals surface area contributed by atoms with Crippen molar-refractivity contribution in [1.82, 2.24) is 4.90 Å². The third-order valence-electron chi connectivity index (χ3n) is 5.38. The molecule has 0 spiro atoms. The van der Waals surface area contributed by atoms with Gasteiger partial charge in [-0.15, -0.1) is 0 Å². The lowest BCUT2D eigenvalue weighted by atomic mass is 10.0. The summed E-state index contributed by atoms with van der Waals surface area (Å²) in [6.45, 7) is 7.23. The molecule has 5 nitrogen and oxygen atoms in total. The van der Waals surface area contributed by atoms with E-state index in [-0.39, 0.29) is 17.3 Å². The van der Waals surface area contributed by atoms with Crippen LogP contribution in [0.25, 0.3) is 0 Å². The first-order chi connectivity index (χ1) is 14.8. The molecule has 1 amide bonds. The summed E-state index contributed by atoms with van der Waals surface area (Å²) in [5.74, 6) is -0.865. The second kappa shape index (κ2) is 9.96. The zero-order valence-electron chi connectivity index (χ0n) is 17.7. The smallest absolute Gasteiger partial charge is 0.385 e. The van der Waals surface area contributed by atoms with Gasteiger partial charge < -0.3 is 15.5 Å². The minimum Gasteiger partial charge on any atom is -0.385 e. The number of benzene rings is 2. The minimum atomic E-state index is -4.51. The van der Waals surface area contributed by atoms with Crippen molar-refractivity contribution in [2.24, 2.45) is 4.99 Å². The predicted molar refractivity (Wildman–Crippen MR) is 118 cm³/mol. The van der Waals surface area contributed by atoms with Crippen LogP contribution in [0.4, 0.5) is 30.2 Å². The Morgan fingerprint density at radius 1 is 1.16 bits per heavy atom. The third kappa shape index (κ3) is 5.64. The summed E-state index contributed by atoms with van der Waals surface area (Å²) < 4.78 is 40.8. The summed E-state index contributed by atoms with van der Waals surface area (Å²) >= 11 is 0. The largest absolute Gasteiger partial charge is 0.418 e.